The first-order valence-corrected chi connectivity index (χ1v) is 6.53. The van der Waals surface area contributed by atoms with Crippen molar-refractivity contribution in [2.75, 3.05) is 0 Å². The van der Waals surface area contributed by atoms with Crippen LogP contribution < -0.4 is 0 Å². The topological polar surface area (TPSA) is 56.3 Å². The molecule has 0 saturated carbocycles. The second kappa shape index (κ2) is 5.30. The molecule has 0 spiro atoms. The molecule has 19 heavy (non-hydrogen) atoms. The van der Waals surface area contributed by atoms with Gasteiger partial charge >= 0.3 is 5.88 Å². The molecule has 4 nitrogen and oxygen atoms in total. The van der Waals surface area contributed by atoms with Gasteiger partial charge in [-0.15, -0.1) is 0 Å². The van der Waals surface area contributed by atoms with Gasteiger partial charge in [-0.3, -0.25) is 10.1 Å². The van der Waals surface area contributed by atoms with Gasteiger partial charge < -0.3 is 4.42 Å². The number of furan rings is 1. The lowest BCUT2D eigenvalue weighted by atomic mass is 10.1. The molecule has 0 bridgehead atoms. The Morgan fingerprint density at radius 2 is 2.16 bits per heavy atom. The summed E-state index contributed by atoms with van der Waals surface area (Å²) in [6, 6.07) is 5.52. The molecule has 1 aromatic carbocycles. The van der Waals surface area contributed by atoms with E-state index in [9.17, 15) is 14.5 Å². The molecule has 1 aromatic heterocycles. The Labute approximate surface area is 121 Å². The van der Waals surface area contributed by atoms with E-state index in [-0.39, 0.29) is 10.9 Å². The maximum Gasteiger partial charge on any atom is 0.433 e. The van der Waals surface area contributed by atoms with Crippen molar-refractivity contribution in [3.8, 4) is 0 Å². The Morgan fingerprint density at radius 3 is 2.74 bits per heavy atom. The molecular formula is C12H8BrClFNO3. The second-order valence-corrected chi connectivity index (χ2v) is 5.24. The van der Waals surface area contributed by atoms with E-state index in [0.717, 1.165) is 0 Å². The molecule has 2 aromatic rings. The summed E-state index contributed by atoms with van der Waals surface area (Å²) >= 11 is 9.31. The van der Waals surface area contributed by atoms with Gasteiger partial charge in [0, 0.05) is 5.02 Å². The molecule has 100 valence electrons. The van der Waals surface area contributed by atoms with Crippen LogP contribution >= 0.6 is 27.5 Å². The van der Waals surface area contributed by atoms with Gasteiger partial charge in [-0.05, 0) is 30.2 Å². The summed E-state index contributed by atoms with van der Waals surface area (Å²) in [7, 11) is 0. The van der Waals surface area contributed by atoms with E-state index in [1.165, 1.54) is 18.2 Å². The molecule has 0 saturated heterocycles. The Bertz CT molecular complexity index is 644. The number of halogens is 3. The van der Waals surface area contributed by atoms with Crippen molar-refractivity contribution in [2.24, 2.45) is 0 Å². The molecule has 7 heteroatoms. The van der Waals surface area contributed by atoms with E-state index in [1.807, 2.05) is 0 Å². The lowest BCUT2D eigenvalue weighted by Crippen LogP contribution is -1.95. The van der Waals surface area contributed by atoms with Gasteiger partial charge in [0.2, 0.25) is 0 Å². The maximum absolute atomic E-state index is 13.3. The Hall–Kier alpha value is -1.40. The molecule has 0 aliphatic heterocycles. The highest BCUT2D eigenvalue weighted by molar-refractivity contribution is 9.09. The van der Waals surface area contributed by atoms with Crippen LogP contribution in [0.2, 0.25) is 5.02 Å². The van der Waals surface area contributed by atoms with Crippen molar-refractivity contribution in [2.45, 2.75) is 11.8 Å². The SMILES string of the molecule is Cc1cc(C(Br)c2ccc([N+](=O)[O-])o2)c(Cl)cc1F. The molecular weight excluding hydrogens is 340 g/mol. The van der Waals surface area contributed by atoms with Crippen LogP contribution in [0.25, 0.3) is 0 Å². The average Bonchev–Trinajstić information content (AvgIpc) is 2.82. The normalized spacial score (nSPS) is 12.4. The standard InChI is InChI=1S/C12H8BrClFNO3/c1-6-4-7(8(14)5-9(6)15)12(13)10-2-3-11(19-10)16(17)18/h2-5,12H,1H3. The summed E-state index contributed by atoms with van der Waals surface area (Å²) in [5, 5.41) is 10.8. The maximum atomic E-state index is 13.3. The summed E-state index contributed by atoms with van der Waals surface area (Å²) in [6.45, 7) is 1.61. The molecule has 0 radical (unpaired) electrons. The highest BCUT2D eigenvalue weighted by atomic mass is 79.9. The number of hydrogen-bond acceptors (Lipinski definition) is 3. The number of hydrogen-bond donors (Lipinski definition) is 0. The van der Waals surface area contributed by atoms with Crippen LogP contribution in [0.4, 0.5) is 10.3 Å². The fourth-order valence-electron chi connectivity index (χ4n) is 1.60. The first-order chi connectivity index (χ1) is 8.90. The number of nitro groups is 1. The summed E-state index contributed by atoms with van der Waals surface area (Å²) in [5.41, 5.74) is 1.02. The van der Waals surface area contributed by atoms with Gasteiger partial charge in [0.1, 0.15) is 16.5 Å². The average molecular weight is 349 g/mol. The molecule has 1 unspecified atom stereocenters. The van der Waals surface area contributed by atoms with Gasteiger partial charge in [0.25, 0.3) is 0 Å². The number of aryl methyl sites for hydroxylation is 1. The van der Waals surface area contributed by atoms with Gasteiger partial charge in [0.05, 0.1) is 10.9 Å². The first kappa shape index (κ1) is 14.0. The van der Waals surface area contributed by atoms with Crippen molar-refractivity contribution < 1.29 is 13.7 Å². The molecule has 0 aliphatic rings. The summed E-state index contributed by atoms with van der Waals surface area (Å²) in [5.74, 6) is -0.423. The minimum Gasteiger partial charge on any atom is -0.404 e. The van der Waals surface area contributed by atoms with Gasteiger partial charge in [-0.25, -0.2) is 4.39 Å². The minimum absolute atomic E-state index is 0.226. The van der Waals surface area contributed by atoms with Gasteiger partial charge in [-0.1, -0.05) is 33.6 Å². The highest BCUT2D eigenvalue weighted by Gasteiger charge is 2.21. The lowest BCUT2D eigenvalue weighted by Gasteiger charge is -2.10. The van der Waals surface area contributed by atoms with E-state index in [2.05, 4.69) is 15.9 Å². The lowest BCUT2D eigenvalue weighted by molar-refractivity contribution is -0.402. The Morgan fingerprint density at radius 1 is 1.47 bits per heavy atom. The van der Waals surface area contributed by atoms with Crippen LogP contribution in [-0.4, -0.2) is 4.92 Å². The molecule has 1 atom stereocenters. The van der Waals surface area contributed by atoms with Crippen LogP contribution in [0.3, 0.4) is 0 Å². The van der Waals surface area contributed by atoms with Crippen LogP contribution in [0.5, 0.6) is 0 Å². The first-order valence-electron chi connectivity index (χ1n) is 5.24. The van der Waals surface area contributed by atoms with Gasteiger partial charge in [0.15, 0.2) is 0 Å². The number of rotatable bonds is 3. The predicted octanol–water partition coefficient (Wildman–Crippen LogP) is 4.77. The minimum atomic E-state index is -0.624. The Balaban J connectivity index is 2.40. The summed E-state index contributed by atoms with van der Waals surface area (Å²) in [4.78, 5) is 9.46. The number of nitrogens with zero attached hydrogens (tertiary/aromatic N) is 1. The van der Waals surface area contributed by atoms with E-state index in [1.54, 1.807) is 13.0 Å². The molecule has 0 amide bonds. The van der Waals surface area contributed by atoms with E-state index in [4.69, 9.17) is 16.0 Å². The smallest absolute Gasteiger partial charge is 0.404 e. The van der Waals surface area contributed by atoms with Crippen molar-refractivity contribution in [1.82, 2.24) is 0 Å². The molecule has 2 rings (SSSR count). The second-order valence-electron chi connectivity index (χ2n) is 3.92. The van der Waals surface area contributed by atoms with E-state index in [0.29, 0.717) is 16.9 Å². The number of benzene rings is 1. The summed E-state index contributed by atoms with van der Waals surface area (Å²) < 4.78 is 18.4. The van der Waals surface area contributed by atoms with E-state index >= 15 is 0 Å². The third-order valence-corrected chi connectivity index (χ3v) is 3.87. The van der Waals surface area contributed by atoms with Crippen LogP contribution in [0, 0.1) is 22.9 Å². The third-order valence-electron chi connectivity index (χ3n) is 2.59. The predicted molar refractivity (Wildman–Crippen MR) is 72.3 cm³/mol. The molecule has 0 aliphatic carbocycles. The largest absolute Gasteiger partial charge is 0.433 e. The van der Waals surface area contributed by atoms with Crippen LogP contribution in [-0.2, 0) is 0 Å². The monoisotopic (exact) mass is 347 g/mol. The van der Waals surface area contributed by atoms with Crippen molar-refractivity contribution >= 4 is 33.4 Å². The Kier molecular flexibility index (Phi) is 3.91. The molecule has 0 fully saturated rings. The summed E-state index contributed by atoms with van der Waals surface area (Å²) in [6.07, 6.45) is 0. The van der Waals surface area contributed by atoms with Crippen LogP contribution in [0.1, 0.15) is 21.7 Å². The molecule has 1 heterocycles. The highest BCUT2D eigenvalue weighted by Crippen LogP contribution is 2.38. The van der Waals surface area contributed by atoms with Gasteiger partial charge in [-0.2, -0.15) is 0 Å². The van der Waals surface area contributed by atoms with Crippen LogP contribution in [0.15, 0.2) is 28.7 Å². The number of alkyl halides is 1. The van der Waals surface area contributed by atoms with Crippen molar-refractivity contribution in [3.05, 3.63) is 62.1 Å². The zero-order chi connectivity index (χ0) is 14.2. The molecule has 0 N–H and O–H groups in total. The fraction of sp³-hybridized carbons (Fsp3) is 0.167. The van der Waals surface area contributed by atoms with Crippen molar-refractivity contribution in [1.29, 1.82) is 0 Å². The quantitative estimate of drug-likeness (QED) is 0.456. The fourth-order valence-corrected chi connectivity index (χ4v) is 2.62. The van der Waals surface area contributed by atoms with E-state index < -0.39 is 15.6 Å². The zero-order valence-corrected chi connectivity index (χ0v) is 12.0. The van der Waals surface area contributed by atoms with Crippen molar-refractivity contribution in [3.63, 3.8) is 0 Å². The zero-order valence-electron chi connectivity index (χ0n) is 9.69. The third kappa shape index (κ3) is 2.79.